The lowest BCUT2D eigenvalue weighted by atomic mass is 11.6. The van der Waals surface area contributed by atoms with Crippen molar-refractivity contribution in [2.75, 3.05) is 6.26 Å². The highest BCUT2D eigenvalue weighted by Crippen LogP contribution is 2.29. The molecule has 0 amide bonds. The lowest BCUT2D eigenvalue weighted by Gasteiger charge is -2.17. The molecule has 12 heavy (non-hydrogen) atoms. The van der Waals surface area contributed by atoms with Crippen molar-refractivity contribution in [2.45, 2.75) is 5.51 Å². The van der Waals surface area contributed by atoms with Gasteiger partial charge in [0.05, 0.1) is 6.26 Å². The predicted molar refractivity (Wildman–Crippen MR) is 34.7 cm³/mol. The second kappa shape index (κ2) is 2.92. The van der Waals surface area contributed by atoms with Crippen LogP contribution in [0, 0.1) is 0 Å². The van der Waals surface area contributed by atoms with Crippen molar-refractivity contribution in [3.05, 3.63) is 0 Å². The van der Waals surface area contributed by atoms with Gasteiger partial charge in [0, 0.05) is 0 Å². The summed E-state index contributed by atoms with van der Waals surface area (Å²) in [4.78, 5) is 0. The van der Waals surface area contributed by atoms with Crippen molar-refractivity contribution in [1.82, 2.24) is 4.13 Å². The molecule has 0 aromatic rings. The first kappa shape index (κ1) is 11.8. The van der Waals surface area contributed by atoms with E-state index < -0.39 is 26.0 Å². The fourth-order valence-electron chi connectivity index (χ4n) is 0.265. The zero-order valence-corrected chi connectivity index (χ0v) is 7.30. The van der Waals surface area contributed by atoms with Crippen LogP contribution in [0.3, 0.4) is 0 Å². The van der Waals surface area contributed by atoms with E-state index in [0.29, 0.717) is 4.13 Å². The summed E-state index contributed by atoms with van der Waals surface area (Å²) >= 11 is 0. The molecule has 0 atom stereocenters. The standard InChI is InChI=1S/C2H5F4NO3S2/c1-11(8,9)7-12(6,10)2(3,4)5/h12H,1H3,(H,7,10). The molecule has 0 heterocycles. The average Bonchev–Trinajstić information content (AvgIpc) is 1.52. The summed E-state index contributed by atoms with van der Waals surface area (Å²) in [6, 6.07) is 0. The number of thiol groups is 1. The van der Waals surface area contributed by atoms with Crippen molar-refractivity contribution in [1.29, 1.82) is 0 Å². The molecule has 0 aliphatic carbocycles. The summed E-state index contributed by atoms with van der Waals surface area (Å²) in [6.45, 7) is 0. The Bertz CT molecular complexity index is 305. The van der Waals surface area contributed by atoms with Gasteiger partial charge in [0.25, 0.3) is 0 Å². The fraction of sp³-hybridized carbons (Fsp3) is 1.00. The summed E-state index contributed by atoms with van der Waals surface area (Å²) in [7, 11) is -10.8. The Balaban J connectivity index is 4.81. The third-order valence-corrected chi connectivity index (χ3v) is 3.53. The summed E-state index contributed by atoms with van der Waals surface area (Å²) in [5.41, 5.74) is -5.70. The molecule has 0 spiro atoms. The number of halogens is 4. The molecular weight excluding hydrogens is 226 g/mol. The van der Waals surface area contributed by atoms with E-state index in [1.165, 1.54) is 0 Å². The molecule has 0 unspecified atom stereocenters. The highest BCUT2D eigenvalue weighted by molar-refractivity contribution is 8.08. The van der Waals surface area contributed by atoms with E-state index in [2.05, 4.69) is 0 Å². The van der Waals surface area contributed by atoms with Crippen molar-refractivity contribution in [3.63, 3.8) is 0 Å². The molecule has 4 nitrogen and oxygen atoms in total. The highest BCUT2D eigenvalue weighted by atomic mass is 32.3. The van der Waals surface area contributed by atoms with Gasteiger partial charge in [0.15, 0.2) is 10.5 Å². The molecular formula is C2H5F4NO3S2. The Hall–Kier alpha value is -0.220. The molecule has 0 aromatic carbocycles. The maximum atomic E-state index is 12.0. The van der Waals surface area contributed by atoms with Gasteiger partial charge in [-0.25, -0.2) is 12.6 Å². The molecule has 0 bridgehead atoms. The summed E-state index contributed by atoms with van der Waals surface area (Å²) in [6.07, 6.45) is 0.269. The van der Waals surface area contributed by atoms with Crippen molar-refractivity contribution in [3.8, 4) is 0 Å². The van der Waals surface area contributed by atoms with Gasteiger partial charge >= 0.3 is 5.51 Å². The molecule has 0 radical (unpaired) electrons. The number of hydrogen-bond donors (Lipinski definition) is 2. The van der Waals surface area contributed by atoms with Crippen LogP contribution in [0.2, 0.25) is 0 Å². The van der Waals surface area contributed by atoms with E-state index >= 15 is 0 Å². The normalized spacial score (nSPS) is 16.1. The molecule has 76 valence electrons. The van der Waals surface area contributed by atoms with Crippen LogP contribution in [0.25, 0.3) is 0 Å². The van der Waals surface area contributed by atoms with Crippen molar-refractivity contribution >= 4 is 20.5 Å². The summed E-state index contributed by atoms with van der Waals surface area (Å²) < 4.78 is 76.7. The first-order valence-corrected chi connectivity index (χ1v) is 5.80. The quantitative estimate of drug-likeness (QED) is 0.395. The monoisotopic (exact) mass is 231 g/mol. The van der Waals surface area contributed by atoms with Crippen molar-refractivity contribution in [2.24, 2.45) is 0 Å². The minimum Gasteiger partial charge on any atom is -0.232 e. The van der Waals surface area contributed by atoms with E-state index in [4.69, 9.17) is 0 Å². The topological polar surface area (TPSA) is 63.2 Å². The van der Waals surface area contributed by atoms with Gasteiger partial charge in [-0.05, 0) is 0 Å². The average molecular weight is 231 g/mol. The zero-order valence-electron chi connectivity index (χ0n) is 5.59. The number of nitrogens with one attached hydrogen (secondary N) is 1. The van der Waals surface area contributed by atoms with Crippen LogP contribution in [-0.4, -0.2) is 24.4 Å². The molecule has 0 aliphatic heterocycles. The van der Waals surface area contributed by atoms with Gasteiger partial charge in [-0.2, -0.15) is 13.2 Å². The van der Waals surface area contributed by atoms with Crippen LogP contribution >= 0.6 is 0 Å². The van der Waals surface area contributed by atoms with Crippen LogP contribution < -0.4 is 4.13 Å². The minimum absolute atomic E-state index is 0.269. The van der Waals surface area contributed by atoms with Crippen LogP contribution in [-0.2, 0) is 20.5 Å². The zero-order chi connectivity index (χ0) is 10.2. The van der Waals surface area contributed by atoms with Gasteiger partial charge in [0.1, 0.15) is 0 Å². The molecule has 0 aromatic heterocycles. The largest absolute Gasteiger partial charge is 0.486 e. The predicted octanol–water partition coefficient (Wildman–Crippen LogP) is -0.128. The maximum Gasteiger partial charge on any atom is 0.486 e. The Morgan fingerprint density at radius 2 is 1.67 bits per heavy atom. The Labute approximate surface area is 66.9 Å². The van der Waals surface area contributed by atoms with Crippen LogP contribution in [0.15, 0.2) is 0 Å². The molecule has 0 fully saturated rings. The fourth-order valence-corrected chi connectivity index (χ4v) is 2.39. The lowest BCUT2D eigenvalue weighted by Crippen LogP contribution is -2.42. The Morgan fingerprint density at radius 1 is 1.33 bits per heavy atom. The number of hydrogen-bond acceptors (Lipinski definition) is 3. The van der Waals surface area contributed by atoms with Gasteiger partial charge in [0.2, 0.25) is 10.0 Å². The first-order valence-electron chi connectivity index (χ1n) is 2.31. The molecule has 0 saturated heterocycles. The molecule has 0 aliphatic rings. The van der Waals surface area contributed by atoms with E-state index in [0.717, 1.165) is 0 Å². The molecule has 1 N–H and O–H groups in total. The molecule has 10 heteroatoms. The van der Waals surface area contributed by atoms with Crippen molar-refractivity contribution < 1.29 is 29.7 Å². The maximum absolute atomic E-state index is 12.0. The second-order valence-electron chi connectivity index (χ2n) is 1.86. The SMILES string of the molecule is CS(=O)(=O)N[SH](=O)(F)C(F)(F)F. The second-order valence-corrected chi connectivity index (χ2v) is 5.71. The van der Waals surface area contributed by atoms with E-state index in [1.54, 1.807) is 0 Å². The van der Waals surface area contributed by atoms with Crippen LogP contribution in [0.1, 0.15) is 0 Å². The van der Waals surface area contributed by atoms with Crippen LogP contribution in [0.5, 0.6) is 0 Å². The van der Waals surface area contributed by atoms with E-state index in [1.807, 2.05) is 0 Å². The lowest BCUT2D eigenvalue weighted by molar-refractivity contribution is -0.0466. The number of sulfonamides is 1. The summed E-state index contributed by atoms with van der Waals surface area (Å²) in [5.74, 6) is 0. The van der Waals surface area contributed by atoms with Gasteiger partial charge in [-0.15, -0.1) is 8.01 Å². The number of alkyl halides is 3. The third kappa shape index (κ3) is 3.45. The minimum atomic E-state index is -6.34. The van der Waals surface area contributed by atoms with Gasteiger partial charge in [-0.1, -0.05) is 0 Å². The highest BCUT2D eigenvalue weighted by Gasteiger charge is 2.47. The Morgan fingerprint density at radius 3 is 1.75 bits per heavy atom. The first-order chi connectivity index (χ1) is 4.96. The van der Waals surface area contributed by atoms with Crippen LogP contribution in [0.4, 0.5) is 17.1 Å². The van der Waals surface area contributed by atoms with Gasteiger partial charge in [-0.3, -0.25) is 0 Å². The molecule has 0 rings (SSSR count). The van der Waals surface area contributed by atoms with E-state index in [9.17, 15) is 29.7 Å². The van der Waals surface area contributed by atoms with E-state index in [-0.39, 0.29) is 6.26 Å². The molecule has 0 saturated carbocycles. The summed E-state index contributed by atoms with van der Waals surface area (Å²) in [5, 5.41) is 0. The number of rotatable bonds is 2. The smallest absolute Gasteiger partial charge is 0.232 e. The third-order valence-electron chi connectivity index (χ3n) is 0.609. The van der Waals surface area contributed by atoms with Gasteiger partial charge < -0.3 is 0 Å². The Kier molecular flexibility index (Phi) is 2.87.